The Balaban J connectivity index is 1.63. The summed E-state index contributed by atoms with van der Waals surface area (Å²) in [7, 11) is -2.32. The molecule has 0 unspecified atom stereocenters. The van der Waals surface area contributed by atoms with Gasteiger partial charge in [-0.05, 0) is 43.5 Å². The average Bonchev–Trinajstić information content (AvgIpc) is 2.82. The quantitative estimate of drug-likeness (QED) is 0.587. The van der Waals surface area contributed by atoms with Gasteiger partial charge in [0.05, 0.1) is 25.2 Å². The van der Waals surface area contributed by atoms with Crippen molar-refractivity contribution in [2.24, 2.45) is 0 Å². The molecule has 1 atom stereocenters. The lowest BCUT2D eigenvalue weighted by molar-refractivity contribution is -0.140. The van der Waals surface area contributed by atoms with Crippen molar-refractivity contribution >= 4 is 21.8 Å². The van der Waals surface area contributed by atoms with Gasteiger partial charge >= 0.3 is 11.8 Å². The van der Waals surface area contributed by atoms with E-state index < -0.39 is 28.1 Å². The highest BCUT2D eigenvalue weighted by Crippen LogP contribution is 2.25. The van der Waals surface area contributed by atoms with Gasteiger partial charge in [0, 0.05) is 18.7 Å². The predicted octanol–water partition coefficient (Wildman–Crippen LogP) is 1.48. The molecule has 1 aliphatic rings. The Morgan fingerprint density at radius 3 is 2.61 bits per heavy atom. The van der Waals surface area contributed by atoms with E-state index in [1.807, 2.05) is 13.0 Å². The van der Waals surface area contributed by atoms with Gasteiger partial charge in [-0.25, -0.2) is 8.42 Å². The third kappa shape index (κ3) is 5.89. The largest absolute Gasteiger partial charge is 0.496 e. The van der Waals surface area contributed by atoms with Crippen molar-refractivity contribution < 1.29 is 27.5 Å². The normalized spacial score (nSPS) is 16.8. The van der Waals surface area contributed by atoms with Crippen LogP contribution in [0.3, 0.4) is 0 Å². The molecule has 0 radical (unpaired) electrons. The van der Waals surface area contributed by atoms with Crippen molar-refractivity contribution in [1.29, 1.82) is 0 Å². The summed E-state index contributed by atoms with van der Waals surface area (Å²) in [6, 6.07) is 12.4. The van der Waals surface area contributed by atoms with E-state index in [9.17, 15) is 18.0 Å². The van der Waals surface area contributed by atoms with Crippen molar-refractivity contribution in [3.8, 4) is 5.75 Å². The van der Waals surface area contributed by atoms with Gasteiger partial charge in [-0.1, -0.05) is 30.3 Å². The molecule has 0 saturated carbocycles. The molecule has 3 rings (SSSR count). The van der Waals surface area contributed by atoms with Gasteiger partial charge in [0.2, 0.25) is 10.0 Å². The number of methoxy groups -OCH3 is 1. The number of nitrogens with zero attached hydrogens (tertiary/aromatic N) is 1. The van der Waals surface area contributed by atoms with Gasteiger partial charge in [-0.15, -0.1) is 0 Å². The van der Waals surface area contributed by atoms with Crippen LogP contribution in [0.2, 0.25) is 0 Å². The average molecular weight is 476 g/mol. The molecule has 9 nitrogen and oxygen atoms in total. The van der Waals surface area contributed by atoms with Gasteiger partial charge < -0.3 is 20.1 Å². The summed E-state index contributed by atoms with van der Waals surface area (Å²) >= 11 is 0. The summed E-state index contributed by atoms with van der Waals surface area (Å²) < 4.78 is 38.7. The maximum absolute atomic E-state index is 13.3. The molecule has 0 bridgehead atoms. The molecule has 1 saturated heterocycles. The highest BCUT2D eigenvalue weighted by atomic mass is 32.2. The zero-order valence-electron chi connectivity index (χ0n) is 19.0. The maximum Gasteiger partial charge on any atom is 0.309 e. The second-order valence-electron chi connectivity index (χ2n) is 7.77. The molecule has 0 aliphatic carbocycles. The Hall–Kier alpha value is -2.95. The molecule has 33 heavy (non-hydrogen) atoms. The monoisotopic (exact) mass is 475 g/mol. The number of carbonyl (C=O) groups excluding carboxylic acids is 2. The van der Waals surface area contributed by atoms with Crippen LogP contribution >= 0.6 is 0 Å². The standard InChI is InChI=1S/C23H29N3O6S/c1-16-9-10-17(2)20(13-16)33(29,30)26-11-6-12-32-21(26)15-25-23(28)22(27)24-14-18-7-4-5-8-19(18)31-3/h4-5,7-10,13,21H,6,11-12,14-15H2,1-3H3,(H,24,27)(H,25,28)/t21-/m0/s1. The Bertz CT molecular complexity index is 1120. The van der Waals surface area contributed by atoms with Gasteiger partial charge in [0.1, 0.15) is 12.0 Å². The highest BCUT2D eigenvalue weighted by molar-refractivity contribution is 7.89. The van der Waals surface area contributed by atoms with E-state index in [-0.39, 0.29) is 24.5 Å². The Labute approximate surface area is 194 Å². The Morgan fingerprint density at radius 2 is 1.85 bits per heavy atom. The molecule has 1 fully saturated rings. The van der Waals surface area contributed by atoms with E-state index in [0.29, 0.717) is 24.3 Å². The number of benzene rings is 2. The number of nitrogens with one attached hydrogen (secondary N) is 2. The van der Waals surface area contributed by atoms with Crippen molar-refractivity contribution in [3.05, 3.63) is 59.2 Å². The number of rotatable bonds is 7. The van der Waals surface area contributed by atoms with E-state index in [2.05, 4.69) is 10.6 Å². The first-order valence-electron chi connectivity index (χ1n) is 10.6. The van der Waals surface area contributed by atoms with E-state index in [1.54, 1.807) is 43.3 Å². The molecule has 2 amide bonds. The van der Waals surface area contributed by atoms with E-state index >= 15 is 0 Å². The van der Waals surface area contributed by atoms with Gasteiger partial charge in [-0.3, -0.25) is 9.59 Å². The minimum Gasteiger partial charge on any atom is -0.496 e. The summed E-state index contributed by atoms with van der Waals surface area (Å²) in [6.07, 6.45) is -0.372. The van der Waals surface area contributed by atoms with E-state index in [4.69, 9.17) is 9.47 Å². The Kier molecular flexibility index (Phi) is 8.06. The molecular formula is C23H29N3O6S. The van der Waals surface area contributed by atoms with Crippen LogP contribution in [0.4, 0.5) is 0 Å². The number of hydrogen-bond donors (Lipinski definition) is 2. The van der Waals surface area contributed by atoms with E-state index in [1.165, 1.54) is 11.4 Å². The lowest BCUT2D eigenvalue weighted by atomic mass is 10.2. The van der Waals surface area contributed by atoms with Crippen LogP contribution in [-0.4, -0.2) is 57.6 Å². The molecule has 1 aliphatic heterocycles. The van der Waals surface area contributed by atoms with Crippen LogP contribution in [0.5, 0.6) is 5.75 Å². The van der Waals surface area contributed by atoms with Crippen LogP contribution in [0, 0.1) is 13.8 Å². The van der Waals surface area contributed by atoms with Gasteiger partial charge in [-0.2, -0.15) is 4.31 Å². The van der Waals surface area contributed by atoms with Crippen LogP contribution in [0.25, 0.3) is 0 Å². The molecule has 0 spiro atoms. The topological polar surface area (TPSA) is 114 Å². The molecule has 178 valence electrons. The fourth-order valence-electron chi connectivity index (χ4n) is 3.58. The van der Waals surface area contributed by atoms with Crippen molar-refractivity contribution in [3.63, 3.8) is 0 Å². The van der Waals surface area contributed by atoms with Crippen LogP contribution in [0.1, 0.15) is 23.1 Å². The van der Waals surface area contributed by atoms with Crippen molar-refractivity contribution in [1.82, 2.24) is 14.9 Å². The van der Waals surface area contributed by atoms with Crippen molar-refractivity contribution in [2.45, 2.75) is 37.9 Å². The number of para-hydroxylation sites is 1. The van der Waals surface area contributed by atoms with Gasteiger partial charge in [0.15, 0.2) is 0 Å². The third-order valence-electron chi connectivity index (χ3n) is 5.36. The van der Waals surface area contributed by atoms with E-state index in [0.717, 1.165) is 11.1 Å². The first-order chi connectivity index (χ1) is 15.7. The third-order valence-corrected chi connectivity index (χ3v) is 7.39. The molecule has 2 aromatic carbocycles. The van der Waals surface area contributed by atoms with Crippen LogP contribution < -0.4 is 15.4 Å². The summed E-state index contributed by atoms with van der Waals surface area (Å²) in [5, 5.41) is 5.02. The van der Waals surface area contributed by atoms with Crippen LogP contribution in [0.15, 0.2) is 47.4 Å². The first kappa shape index (κ1) is 24.7. The fourth-order valence-corrected chi connectivity index (χ4v) is 5.46. The summed E-state index contributed by atoms with van der Waals surface area (Å²) in [5.41, 5.74) is 2.18. The molecule has 2 N–H and O–H groups in total. The number of ether oxygens (including phenoxy) is 2. The zero-order valence-corrected chi connectivity index (χ0v) is 19.8. The van der Waals surface area contributed by atoms with Gasteiger partial charge in [0.25, 0.3) is 0 Å². The first-order valence-corrected chi connectivity index (χ1v) is 12.1. The van der Waals surface area contributed by atoms with Crippen LogP contribution in [-0.2, 0) is 30.9 Å². The molecule has 10 heteroatoms. The highest BCUT2D eigenvalue weighted by Gasteiger charge is 2.35. The minimum absolute atomic E-state index is 0.114. The number of amides is 2. The zero-order chi connectivity index (χ0) is 24.0. The summed E-state index contributed by atoms with van der Waals surface area (Å²) in [6.45, 7) is 4.15. The lowest BCUT2D eigenvalue weighted by Gasteiger charge is -2.35. The predicted molar refractivity (Wildman–Crippen MR) is 122 cm³/mol. The number of carbonyl (C=O) groups is 2. The molecular weight excluding hydrogens is 446 g/mol. The maximum atomic E-state index is 13.3. The minimum atomic E-state index is -3.84. The molecule has 0 aromatic heterocycles. The fraction of sp³-hybridized carbons (Fsp3) is 0.391. The molecule has 1 heterocycles. The Morgan fingerprint density at radius 1 is 1.12 bits per heavy atom. The van der Waals surface area contributed by atoms with Crippen molar-refractivity contribution in [2.75, 3.05) is 26.8 Å². The lowest BCUT2D eigenvalue weighted by Crippen LogP contribution is -2.53. The second kappa shape index (κ2) is 10.8. The number of sulfonamides is 1. The number of hydrogen-bond acceptors (Lipinski definition) is 6. The molecule has 2 aromatic rings. The smallest absolute Gasteiger partial charge is 0.309 e. The summed E-state index contributed by atoms with van der Waals surface area (Å²) in [4.78, 5) is 24.7. The second-order valence-corrected chi connectivity index (χ2v) is 9.63. The summed E-state index contributed by atoms with van der Waals surface area (Å²) in [5.74, 6) is -1.11. The number of aryl methyl sites for hydroxylation is 2. The SMILES string of the molecule is COc1ccccc1CNC(=O)C(=O)NC[C@@H]1OCCCN1S(=O)(=O)c1cc(C)ccc1C.